The Morgan fingerprint density at radius 3 is 2.31 bits per heavy atom. The summed E-state index contributed by atoms with van der Waals surface area (Å²) in [5.74, 6) is 0. The Morgan fingerprint density at radius 2 is 1.92 bits per heavy atom. The Kier molecular flexibility index (Phi) is 7.63. The van der Waals surface area contributed by atoms with Gasteiger partial charge in [0.15, 0.2) is 0 Å². The van der Waals surface area contributed by atoms with Gasteiger partial charge in [0.05, 0.1) is 0 Å². The highest BCUT2D eigenvalue weighted by Crippen LogP contribution is 2.01. The standard InChI is InChI=1S/C9H20N3O/c1-4-10-7-9(11-8-13)12(5-2)6-3/h8,10H,4-7H2,1-3H3,(H,11,13). The maximum absolute atomic E-state index is 10.3. The van der Waals surface area contributed by atoms with Crippen LogP contribution in [0.1, 0.15) is 20.8 Å². The molecule has 0 bridgehead atoms. The van der Waals surface area contributed by atoms with Crippen LogP contribution in [-0.4, -0.2) is 37.5 Å². The van der Waals surface area contributed by atoms with Gasteiger partial charge in [-0.05, 0) is 19.6 Å². The van der Waals surface area contributed by atoms with Crippen molar-refractivity contribution in [3.05, 3.63) is 6.17 Å². The molecule has 2 N–H and O–H groups in total. The number of carbonyl (C=O) groups is 1. The maximum Gasteiger partial charge on any atom is 0.208 e. The largest absolute Gasteiger partial charge is 0.336 e. The van der Waals surface area contributed by atoms with Gasteiger partial charge in [-0.1, -0.05) is 20.8 Å². The number of nitrogens with one attached hydrogen (secondary N) is 2. The predicted octanol–water partition coefficient (Wildman–Crippen LogP) is 0.173. The van der Waals surface area contributed by atoms with Crippen LogP contribution in [0.25, 0.3) is 0 Å². The summed E-state index contributed by atoms with van der Waals surface area (Å²) in [6.45, 7) is 9.64. The summed E-state index contributed by atoms with van der Waals surface area (Å²) in [5.41, 5.74) is 0. The fourth-order valence-electron chi connectivity index (χ4n) is 1.17. The summed E-state index contributed by atoms with van der Waals surface area (Å²) >= 11 is 0. The van der Waals surface area contributed by atoms with Gasteiger partial charge < -0.3 is 10.6 Å². The third kappa shape index (κ3) is 4.85. The van der Waals surface area contributed by atoms with Crippen LogP contribution in [0.15, 0.2) is 0 Å². The number of hydrogen-bond donors (Lipinski definition) is 2. The lowest BCUT2D eigenvalue weighted by atomic mass is 10.3. The molecule has 0 atom stereocenters. The van der Waals surface area contributed by atoms with E-state index in [-0.39, 0.29) is 0 Å². The molecule has 0 aliphatic carbocycles. The Hall–Kier alpha value is -0.610. The molecule has 0 unspecified atom stereocenters. The molecule has 13 heavy (non-hydrogen) atoms. The van der Waals surface area contributed by atoms with Gasteiger partial charge in [-0.15, -0.1) is 0 Å². The van der Waals surface area contributed by atoms with Crippen molar-refractivity contribution in [2.75, 3.05) is 26.2 Å². The van der Waals surface area contributed by atoms with Crippen LogP contribution >= 0.6 is 0 Å². The molecule has 1 amide bonds. The number of amides is 1. The van der Waals surface area contributed by atoms with Crippen molar-refractivity contribution in [2.45, 2.75) is 20.8 Å². The lowest BCUT2D eigenvalue weighted by Gasteiger charge is -2.27. The third-order valence-electron chi connectivity index (χ3n) is 1.91. The summed E-state index contributed by atoms with van der Waals surface area (Å²) in [4.78, 5) is 12.5. The first kappa shape index (κ1) is 12.4. The van der Waals surface area contributed by atoms with E-state index in [9.17, 15) is 4.79 Å². The second kappa shape index (κ2) is 8.01. The molecule has 0 spiro atoms. The zero-order valence-electron chi connectivity index (χ0n) is 8.76. The topological polar surface area (TPSA) is 44.4 Å². The van der Waals surface area contributed by atoms with Crippen LogP contribution in [0, 0.1) is 6.17 Å². The Labute approximate surface area is 80.7 Å². The molecule has 0 aliphatic heterocycles. The van der Waals surface area contributed by atoms with Crippen molar-refractivity contribution in [2.24, 2.45) is 0 Å². The molecule has 4 nitrogen and oxygen atoms in total. The van der Waals surface area contributed by atoms with Gasteiger partial charge in [-0.3, -0.25) is 9.69 Å². The van der Waals surface area contributed by atoms with Crippen LogP contribution < -0.4 is 10.6 Å². The summed E-state index contributed by atoms with van der Waals surface area (Å²) in [6, 6.07) is 0. The average Bonchev–Trinajstić information content (AvgIpc) is 2.16. The van der Waals surface area contributed by atoms with Crippen molar-refractivity contribution in [3.8, 4) is 0 Å². The first-order chi connectivity index (χ1) is 6.29. The molecule has 0 aromatic carbocycles. The minimum Gasteiger partial charge on any atom is -0.336 e. The summed E-state index contributed by atoms with van der Waals surface area (Å²) in [6.07, 6.45) is 1.67. The van der Waals surface area contributed by atoms with Gasteiger partial charge in [0.2, 0.25) is 6.41 Å². The number of rotatable bonds is 8. The van der Waals surface area contributed by atoms with Crippen molar-refractivity contribution in [1.29, 1.82) is 0 Å². The van der Waals surface area contributed by atoms with Crippen molar-refractivity contribution >= 4 is 6.41 Å². The smallest absolute Gasteiger partial charge is 0.208 e. The highest BCUT2D eigenvalue weighted by atomic mass is 16.1. The third-order valence-corrected chi connectivity index (χ3v) is 1.91. The van der Waals surface area contributed by atoms with Gasteiger partial charge in [0.1, 0.15) is 6.17 Å². The molecule has 77 valence electrons. The number of carbonyl (C=O) groups excluding carboxylic acids is 1. The monoisotopic (exact) mass is 186 g/mol. The SMILES string of the molecule is CCNC[C](NC=O)N(CC)CC. The van der Waals surface area contributed by atoms with Crippen molar-refractivity contribution in [3.63, 3.8) is 0 Å². The fraction of sp³-hybridized carbons (Fsp3) is 0.778. The number of likely N-dealkylation sites (N-methyl/N-ethyl adjacent to an activating group) is 2. The zero-order valence-corrected chi connectivity index (χ0v) is 8.76. The van der Waals surface area contributed by atoms with E-state index in [1.807, 2.05) is 6.92 Å². The highest BCUT2D eigenvalue weighted by Gasteiger charge is 2.14. The molecule has 1 radical (unpaired) electrons. The average molecular weight is 186 g/mol. The first-order valence-electron chi connectivity index (χ1n) is 4.81. The van der Waals surface area contributed by atoms with Crippen LogP contribution in [0.2, 0.25) is 0 Å². The molecule has 4 heteroatoms. The predicted molar refractivity (Wildman–Crippen MR) is 53.9 cm³/mol. The van der Waals surface area contributed by atoms with Crippen LogP contribution in [-0.2, 0) is 4.79 Å². The zero-order chi connectivity index (χ0) is 10.1. The number of nitrogens with zero attached hydrogens (tertiary/aromatic N) is 1. The quantitative estimate of drug-likeness (QED) is 0.531. The lowest BCUT2D eigenvalue weighted by molar-refractivity contribution is -0.110. The van der Waals surface area contributed by atoms with Gasteiger partial charge in [-0.2, -0.15) is 0 Å². The summed E-state index contributed by atoms with van der Waals surface area (Å²) < 4.78 is 0. The molecule has 0 rings (SSSR count). The Bertz CT molecular complexity index is 126. The van der Waals surface area contributed by atoms with Gasteiger partial charge in [-0.25, -0.2) is 0 Å². The van der Waals surface area contributed by atoms with Crippen molar-refractivity contribution in [1.82, 2.24) is 15.5 Å². The van der Waals surface area contributed by atoms with E-state index in [2.05, 4.69) is 29.4 Å². The van der Waals surface area contributed by atoms with Gasteiger partial charge in [0.25, 0.3) is 0 Å². The fourth-order valence-corrected chi connectivity index (χ4v) is 1.17. The van der Waals surface area contributed by atoms with Crippen LogP contribution in [0.5, 0.6) is 0 Å². The minimum absolute atomic E-state index is 0.719. The van der Waals surface area contributed by atoms with E-state index < -0.39 is 0 Å². The van der Waals surface area contributed by atoms with Gasteiger partial charge in [0, 0.05) is 6.54 Å². The van der Waals surface area contributed by atoms with E-state index in [4.69, 9.17) is 0 Å². The summed E-state index contributed by atoms with van der Waals surface area (Å²) in [5, 5.41) is 5.90. The van der Waals surface area contributed by atoms with Crippen LogP contribution in [0.4, 0.5) is 0 Å². The Balaban J connectivity index is 3.95. The molecule has 0 fully saturated rings. The molecule has 0 aromatic heterocycles. The van der Waals surface area contributed by atoms with E-state index in [1.54, 1.807) is 0 Å². The second-order valence-corrected chi connectivity index (χ2v) is 2.66. The van der Waals surface area contributed by atoms with E-state index in [1.165, 1.54) is 0 Å². The molecule has 0 aliphatic rings. The molecule has 0 saturated heterocycles. The minimum atomic E-state index is 0.719. The second-order valence-electron chi connectivity index (χ2n) is 2.66. The molecule has 0 saturated carbocycles. The normalized spacial score (nSPS) is 10.8. The molecule has 0 heterocycles. The first-order valence-corrected chi connectivity index (χ1v) is 4.81. The maximum atomic E-state index is 10.3. The summed E-state index contributed by atoms with van der Waals surface area (Å²) in [7, 11) is 0. The van der Waals surface area contributed by atoms with E-state index >= 15 is 0 Å². The number of hydrogen-bond acceptors (Lipinski definition) is 3. The lowest BCUT2D eigenvalue weighted by Crippen LogP contribution is -2.43. The van der Waals surface area contributed by atoms with Crippen LogP contribution in [0.3, 0.4) is 0 Å². The van der Waals surface area contributed by atoms with E-state index in [0.29, 0.717) is 0 Å². The Morgan fingerprint density at radius 1 is 1.31 bits per heavy atom. The molecular weight excluding hydrogens is 166 g/mol. The van der Waals surface area contributed by atoms with E-state index in [0.717, 1.165) is 38.8 Å². The molecular formula is C9H20N3O. The van der Waals surface area contributed by atoms with Gasteiger partial charge >= 0.3 is 0 Å². The highest BCUT2D eigenvalue weighted by molar-refractivity contribution is 5.48. The molecule has 0 aromatic rings. The van der Waals surface area contributed by atoms with Crippen molar-refractivity contribution < 1.29 is 4.79 Å².